The Hall–Kier alpha value is -1.11. The van der Waals surface area contributed by atoms with Gasteiger partial charge in [-0.15, -0.1) is 0 Å². The summed E-state index contributed by atoms with van der Waals surface area (Å²) in [6.45, 7) is 6.81. The molecule has 0 aliphatic heterocycles. The third-order valence-electron chi connectivity index (χ3n) is 4.54. The SMILES string of the molecule is CCO[C@H]1C[C@](O)(CNc2cnn(C)c(=O)c2Cl)C1(C)C. The van der Waals surface area contributed by atoms with E-state index >= 15 is 0 Å². The lowest BCUT2D eigenvalue weighted by Crippen LogP contribution is -2.67. The van der Waals surface area contributed by atoms with Gasteiger partial charge in [-0.1, -0.05) is 25.4 Å². The van der Waals surface area contributed by atoms with Crippen molar-refractivity contribution in [3.8, 4) is 0 Å². The van der Waals surface area contributed by atoms with Gasteiger partial charge in [-0.2, -0.15) is 5.10 Å². The molecule has 1 saturated carbocycles. The van der Waals surface area contributed by atoms with Crippen molar-refractivity contribution in [3.05, 3.63) is 21.6 Å². The van der Waals surface area contributed by atoms with E-state index in [1.54, 1.807) is 0 Å². The molecule has 1 aliphatic carbocycles. The van der Waals surface area contributed by atoms with Gasteiger partial charge in [-0.3, -0.25) is 4.79 Å². The Morgan fingerprint density at radius 3 is 2.86 bits per heavy atom. The third-order valence-corrected chi connectivity index (χ3v) is 4.91. The van der Waals surface area contributed by atoms with E-state index in [-0.39, 0.29) is 28.6 Å². The predicted octanol–water partition coefficient (Wildman–Crippen LogP) is 1.41. The molecular formula is C14H22ClN3O3. The molecule has 1 aliphatic rings. The van der Waals surface area contributed by atoms with E-state index in [4.69, 9.17) is 16.3 Å². The topological polar surface area (TPSA) is 76.4 Å². The highest BCUT2D eigenvalue weighted by molar-refractivity contribution is 6.32. The Bertz CT molecular complexity index is 587. The van der Waals surface area contributed by atoms with Gasteiger partial charge in [0, 0.05) is 32.0 Å². The van der Waals surface area contributed by atoms with E-state index in [0.717, 1.165) is 0 Å². The lowest BCUT2D eigenvalue weighted by atomic mass is 9.56. The monoisotopic (exact) mass is 315 g/mol. The van der Waals surface area contributed by atoms with Crippen molar-refractivity contribution in [2.45, 2.75) is 38.9 Å². The van der Waals surface area contributed by atoms with E-state index in [2.05, 4.69) is 10.4 Å². The van der Waals surface area contributed by atoms with E-state index in [1.807, 2.05) is 20.8 Å². The first-order chi connectivity index (χ1) is 9.73. The summed E-state index contributed by atoms with van der Waals surface area (Å²) in [5.41, 5.74) is -1.20. The minimum Gasteiger partial charge on any atom is -0.387 e. The maximum absolute atomic E-state index is 11.7. The van der Waals surface area contributed by atoms with Crippen LogP contribution in [0.2, 0.25) is 5.02 Å². The summed E-state index contributed by atoms with van der Waals surface area (Å²) in [5.74, 6) is 0. The van der Waals surface area contributed by atoms with Crippen LogP contribution in [0.5, 0.6) is 0 Å². The Kier molecular flexibility index (Phi) is 4.33. The molecule has 1 aromatic heterocycles. The van der Waals surface area contributed by atoms with Crippen molar-refractivity contribution in [3.63, 3.8) is 0 Å². The van der Waals surface area contributed by atoms with Crippen molar-refractivity contribution < 1.29 is 9.84 Å². The van der Waals surface area contributed by atoms with Crippen LogP contribution < -0.4 is 10.9 Å². The molecular weight excluding hydrogens is 294 g/mol. The first-order valence-electron chi connectivity index (χ1n) is 7.02. The van der Waals surface area contributed by atoms with Crippen molar-refractivity contribution in [1.29, 1.82) is 0 Å². The van der Waals surface area contributed by atoms with Gasteiger partial charge in [-0.05, 0) is 6.92 Å². The van der Waals surface area contributed by atoms with Crippen molar-refractivity contribution >= 4 is 17.3 Å². The fraction of sp³-hybridized carbons (Fsp3) is 0.714. The summed E-state index contributed by atoms with van der Waals surface area (Å²) in [4.78, 5) is 11.7. The molecule has 0 radical (unpaired) electrons. The second kappa shape index (κ2) is 5.59. The van der Waals surface area contributed by atoms with Gasteiger partial charge in [0.15, 0.2) is 0 Å². The minimum atomic E-state index is -0.906. The molecule has 2 N–H and O–H groups in total. The summed E-state index contributed by atoms with van der Waals surface area (Å²) in [5, 5.41) is 17.7. The van der Waals surface area contributed by atoms with Crippen LogP contribution in [-0.4, -0.2) is 39.7 Å². The number of aryl methyl sites for hydroxylation is 1. The van der Waals surface area contributed by atoms with E-state index in [9.17, 15) is 9.90 Å². The summed E-state index contributed by atoms with van der Waals surface area (Å²) in [7, 11) is 1.53. The summed E-state index contributed by atoms with van der Waals surface area (Å²) < 4.78 is 6.79. The first kappa shape index (κ1) is 16.3. The average molecular weight is 316 g/mol. The lowest BCUT2D eigenvalue weighted by Gasteiger charge is -2.58. The number of hydrogen-bond acceptors (Lipinski definition) is 5. The molecule has 0 saturated heterocycles. The number of nitrogens with one attached hydrogen (secondary N) is 1. The van der Waals surface area contributed by atoms with E-state index in [0.29, 0.717) is 18.7 Å². The maximum Gasteiger partial charge on any atom is 0.287 e. The number of anilines is 1. The van der Waals surface area contributed by atoms with Gasteiger partial charge in [0.2, 0.25) is 0 Å². The number of halogens is 1. The molecule has 21 heavy (non-hydrogen) atoms. The number of ether oxygens (including phenoxy) is 1. The fourth-order valence-corrected chi connectivity index (χ4v) is 2.88. The van der Waals surface area contributed by atoms with E-state index in [1.165, 1.54) is 17.9 Å². The van der Waals surface area contributed by atoms with Gasteiger partial charge < -0.3 is 15.2 Å². The molecule has 7 heteroatoms. The summed E-state index contributed by atoms with van der Waals surface area (Å²) in [6, 6.07) is 0. The normalized spacial score (nSPS) is 27.2. The summed E-state index contributed by atoms with van der Waals surface area (Å²) in [6.07, 6.45) is 2.07. The van der Waals surface area contributed by atoms with Crippen LogP contribution in [0.1, 0.15) is 27.2 Å². The van der Waals surface area contributed by atoms with Crippen molar-refractivity contribution in [2.24, 2.45) is 12.5 Å². The molecule has 1 aromatic rings. The first-order valence-corrected chi connectivity index (χ1v) is 7.40. The molecule has 0 bridgehead atoms. The lowest BCUT2D eigenvalue weighted by molar-refractivity contribution is -0.233. The highest BCUT2D eigenvalue weighted by Gasteiger charge is 2.59. The van der Waals surface area contributed by atoms with Crippen LogP contribution in [0.4, 0.5) is 5.69 Å². The zero-order chi connectivity index (χ0) is 15.8. The zero-order valence-corrected chi connectivity index (χ0v) is 13.6. The van der Waals surface area contributed by atoms with Gasteiger partial charge in [0.1, 0.15) is 5.02 Å². The predicted molar refractivity (Wildman–Crippen MR) is 81.7 cm³/mol. The van der Waals surface area contributed by atoms with Crippen LogP contribution in [0.15, 0.2) is 11.0 Å². The average Bonchev–Trinajstić information content (AvgIpc) is 2.44. The second-order valence-corrected chi connectivity index (χ2v) is 6.43. The molecule has 0 amide bonds. The fourth-order valence-electron chi connectivity index (χ4n) is 2.64. The molecule has 0 aromatic carbocycles. The van der Waals surface area contributed by atoms with Crippen LogP contribution in [0.25, 0.3) is 0 Å². The van der Waals surface area contributed by atoms with Crippen LogP contribution in [-0.2, 0) is 11.8 Å². The van der Waals surface area contributed by atoms with E-state index < -0.39 is 5.60 Å². The number of hydrogen-bond donors (Lipinski definition) is 2. The van der Waals surface area contributed by atoms with Gasteiger partial charge >= 0.3 is 0 Å². The number of nitrogens with zero attached hydrogens (tertiary/aromatic N) is 2. The highest BCUT2D eigenvalue weighted by Crippen LogP contribution is 2.51. The number of aliphatic hydroxyl groups is 1. The molecule has 1 heterocycles. The molecule has 1 fully saturated rings. The van der Waals surface area contributed by atoms with Gasteiger partial charge in [0.25, 0.3) is 5.56 Å². The van der Waals surface area contributed by atoms with Gasteiger partial charge in [-0.25, -0.2) is 4.68 Å². The van der Waals surface area contributed by atoms with Gasteiger partial charge in [0.05, 0.1) is 23.6 Å². The van der Waals surface area contributed by atoms with Crippen molar-refractivity contribution in [1.82, 2.24) is 9.78 Å². The number of aromatic nitrogens is 2. The summed E-state index contributed by atoms with van der Waals surface area (Å²) >= 11 is 6.00. The highest BCUT2D eigenvalue weighted by atomic mass is 35.5. The molecule has 2 atom stereocenters. The smallest absolute Gasteiger partial charge is 0.287 e. The molecule has 6 nitrogen and oxygen atoms in total. The molecule has 0 spiro atoms. The number of rotatable bonds is 5. The molecule has 118 valence electrons. The largest absolute Gasteiger partial charge is 0.387 e. The van der Waals surface area contributed by atoms with Crippen LogP contribution in [0, 0.1) is 5.41 Å². The maximum atomic E-state index is 11.7. The zero-order valence-electron chi connectivity index (χ0n) is 12.8. The van der Waals surface area contributed by atoms with Crippen molar-refractivity contribution in [2.75, 3.05) is 18.5 Å². The Morgan fingerprint density at radius 1 is 1.62 bits per heavy atom. The Balaban J connectivity index is 2.08. The molecule has 2 rings (SSSR count). The van der Waals surface area contributed by atoms with Crippen LogP contribution in [0.3, 0.4) is 0 Å². The van der Waals surface area contributed by atoms with Crippen LogP contribution >= 0.6 is 11.6 Å². The molecule has 0 unspecified atom stereocenters. The standard InChI is InChI=1S/C14H22ClN3O3/c1-5-21-10-6-14(20,13(10,2)3)8-16-9-7-17-18(4)12(19)11(9)15/h7,10,16,20H,5-6,8H2,1-4H3/t10-,14-/m0/s1. The minimum absolute atomic E-state index is 0.0338. The third kappa shape index (κ3) is 2.67. The second-order valence-electron chi connectivity index (χ2n) is 6.06. The quantitative estimate of drug-likeness (QED) is 0.859. The Labute approximate surface area is 129 Å². The Morgan fingerprint density at radius 2 is 2.29 bits per heavy atom.